The van der Waals surface area contributed by atoms with Crippen molar-refractivity contribution in [3.63, 3.8) is 0 Å². The lowest BCUT2D eigenvalue weighted by Gasteiger charge is -2.42. The van der Waals surface area contributed by atoms with Gasteiger partial charge in [-0.2, -0.15) is 0 Å². The molecule has 0 saturated carbocycles. The van der Waals surface area contributed by atoms with Gasteiger partial charge in [0.25, 0.3) is 0 Å². The van der Waals surface area contributed by atoms with Crippen molar-refractivity contribution in [2.24, 2.45) is 0 Å². The second kappa shape index (κ2) is 55.9. The highest BCUT2D eigenvalue weighted by molar-refractivity contribution is 5.76. The minimum atomic E-state index is -1.66. The number of aliphatic hydroxyl groups is 10. The first kappa shape index (κ1) is 82.6. The molecule has 0 spiro atoms. The summed E-state index contributed by atoms with van der Waals surface area (Å²) in [6, 6.07) is -2.11. The third kappa shape index (κ3) is 39.9. The van der Waals surface area contributed by atoms with Crippen molar-refractivity contribution in [2.75, 3.05) is 13.2 Å². The molecule has 2 unspecified atom stereocenters. The Morgan fingerprint density at radius 2 is 0.500 bits per heavy atom. The molecule has 16 nitrogen and oxygen atoms in total. The Morgan fingerprint density at radius 1 is 0.307 bits per heavy atom. The van der Waals surface area contributed by atoms with E-state index >= 15 is 0 Å². The van der Waals surface area contributed by atoms with Gasteiger partial charge >= 0.3 is 0 Å². The lowest BCUT2D eigenvalue weighted by atomic mass is 9.87. The number of carbonyl (C=O) groups is 2. The van der Waals surface area contributed by atoms with E-state index in [9.17, 15) is 60.7 Å². The number of rotatable bonds is 61. The van der Waals surface area contributed by atoms with Gasteiger partial charge in [0.15, 0.2) is 0 Å². The third-order valence-electron chi connectivity index (χ3n) is 19.3. The Bertz CT molecular complexity index is 1470. The molecule has 2 amide bonds. The second-order valence-corrected chi connectivity index (χ2v) is 27.3. The molecule has 0 aromatic heterocycles. The molecule has 0 aromatic carbocycles. The smallest absolute Gasteiger partial charge is 0.220 e. The Labute approximate surface area is 536 Å². The van der Waals surface area contributed by atoms with Crippen molar-refractivity contribution >= 4 is 11.8 Å². The van der Waals surface area contributed by atoms with Crippen molar-refractivity contribution in [1.82, 2.24) is 10.6 Å². The molecule has 88 heavy (non-hydrogen) atoms. The Hall–Kier alpha value is -1.54. The zero-order valence-corrected chi connectivity index (χ0v) is 56.4. The molecule has 522 valence electrons. The molecule has 12 N–H and O–H groups in total. The van der Waals surface area contributed by atoms with Crippen LogP contribution in [0.4, 0.5) is 0 Å². The van der Waals surface area contributed by atoms with Crippen LogP contribution >= 0.6 is 0 Å². The lowest BCUT2D eigenvalue weighted by molar-refractivity contribution is -0.232. The van der Waals surface area contributed by atoms with Gasteiger partial charge in [0.2, 0.25) is 11.8 Å². The van der Waals surface area contributed by atoms with E-state index in [1.165, 1.54) is 231 Å². The summed E-state index contributed by atoms with van der Waals surface area (Å²) >= 11 is 0. The van der Waals surface area contributed by atoms with Gasteiger partial charge in [0.05, 0.1) is 49.7 Å². The zero-order chi connectivity index (χ0) is 64.2. The normalized spacial score (nSPS) is 23.7. The van der Waals surface area contributed by atoms with Crippen LogP contribution in [-0.4, -0.2) is 161 Å². The Balaban J connectivity index is 1.80. The van der Waals surface area contributed by atoms with Crippen LogP contribution in [0.5, 0.6) is 0 Å². The van der Waals surface area contributed by atoms with Crippen LogP contribution in [0.25, 0.3) is 0 Å². The standard InChI is InChI=1S/C72H140N2O14/c1-3-5-7-9-11-13-15-17-19-21-23-25-27-29-31-33-35-37-39-41-43-45-47-49-65(79)73-57(53-61-67(81)71(85)69(83)63(55-75)87-61)59(77)51-52-60(78)58(54-62-68(82)72(86)70(84)64(56-76)88-62)74-66(80)50-48-46-44-42-40-38-36-34-32-30-28-26-24-22-20-18-16-14-12-10-8-6-4-2/h57-64,67-72,75-78,81-86H,3-56H2,1-2H3,(H,73,79)(H,74,80)/t57-,58-,59-,60-,61?,62?,63-,64-,67+,68+,69+,70+,71-,72-/m1/s1. The first-order valence-electron chi connectivity index (χ1n) is 37.3. The minimum Gasteiger partial charge on any atom is -0.394 e. The Kier molecular flexibility index (Phi) is 52.4. The molecular weight excluding hydrogens is 1120 g/mol. The highest BCUT2D eigenvalue weighted by atomic mass is 16.6. The van der Waals surface area contributed by atoms with E-state index in [0.29, 0.717) is 12.8 Å². The van der Waals surface area contributed by atoms with E-state index in [1.54, 1.807) is 0 Å². The molecule has 0 aliphatic carbocycles. The van der Waals surface area contributed by atoms with Crippen molar-refractivity contribution in [2.45, 2.75) is 433 Å². The first-order chi connectivity index (χ1) is 42.8. The van der Waals surface area contributed by atoms with Gasteiger partial charge in [-0.15, -0.1) is 0 Å². The van der Waals surface area contributed by atoms with Crippen molar-refractivity contribution < 1.29 is 70.1 Å². The van der Waals surface area contributed by atoms with E-state index in [-0.39, 0.29) is 50.3 Å². The molecule has 2 fully saturated rings. The van der Waals surface area contributed by atoms with Crippen LogP contribution in [0.15, 0.2) is 0 Å². The molecule has 2 aliphatic rings. The maximum absolute atomic E-state index is 13.5. The molecule has 2 saturated heterocycles. The van der Waals surface area contributed by atoms with Gasteiger partial charge in [0, 0.05) is 12.8 Å². The van der Waals surface area contributed by atoms with Crippen LogP contribution in [-0.2, 0) is 19.1 Å². The van der Waals surface area contributed by atoms with Gasteiger partial charge < -0.3 is 71.2 Å². The van der Waals surface area contributed by atoms with Gasteiger partial charge in [-0.3, -0.25) is 9.59 Å². The summed E-state index contributed by atoms with van der Waals surface area (Å²) in [6.07, 6.45) is 40.9. The fourth-order valence-corrected chi connectivity index (χ4v) is 13.3. The van der Waals surface area contributed by atoms with Crippen LogP contribution in [0.2, 0.25) is 0 Å². The third-order valence-corrected chi connectivity index (χ3v) is 19.3. The number of ether oxygens (including phenoxy) is 2. The lowest BCUT2D eigenvalue weighted by Crippen LogP contribution is -2.60. The van der Waals surface area contributed by atoms with E-state index in [4.69, 9.17) is 9.47 Å². The van der Waals surface area contributed by atoms with Crippen LogP contribution in [0.3, 0.4) is 0 Å². The quantitative estimate of drug-likeness (QED) is 0.0253. The molecule has 0 radical (unpaired) electrons. The maximum Gasteiger partial charge on any atom is 0.220 e. The summed E-state index contributed by atoms with van der Waals surface area (Å²) in [5, 5.41) is 113. The summed E-state index contributed by atoms with van der Waals surface area (Å²) < 4.78 is 11.6. The summed E-state index contributed by atoms with van der Waals surface area (Å²) in [5.41, 5.74) is 0. The average Bonchev–Trinajstić information content (AvgIpc) is 1.39. The zero-order valence-electron chi connectivity index (χ0n) is 56.4. The van der Waals surface area contributed by atoms with E-state index in [2.05, 4.69) is 24.5 Å². The molecule has 2 heterocycles. The second-order valence-electron chi connectivity index (χ2n) is 27.3. The van der Waals surface area contributed by atoms with Crippen LogP contribution in [0, 0.1) is 0 Å². The first-order valence-corrected chi connectivity index (χ1v) is 37.3. The Morgan fingerprint density at radius 3 is 0.705 bits per heavy atom. The van der Waals surface area contributed by atoms with Crippen molar-refractivity contribution in [3.8, 4) is 0 Å². The summed E-state index contributed by atoms with van der Waals surface area (Å²) in [7, 11) is 0. The maximum atomic E-state index is 13.5. The number of hydrogen-bond acceptors (Lipinski definition) is 14. The van der Waals surface area contributed by atoms with Gasteiger partial charge in [-0.1, -0.05) is 296 Å². The molecule has 16 heteroatoms. The van der Waals surface area contributed by atoms with E-state index < -0.39 is 98.5 Å². The number of aliphatic hydroxyl groups excluding tert-OH is 10. The topological polar surface area (TPSA) is 279 Å². The van der Waals surface area contributed by atoms with Gasteiger partial charge in [0.1, 0.15) is 48.8 Å². The van der Waals surface area contributed by atoms with Crippen molar-refractivity contribution in [3.05, 3.63) is 0 Å². The molecule has 2 rings (SSSR count). The van der Waals surface area contributed by atoms with Gasteiger partial charge in [-0.25, -0.2) is 0 Å². The highest BCUT2D eigenvalue weighted by Gasteiger charge is 2.46. The predicted molar refractivity (Wildman–Crippen MR) is 355 cm³/mol. The molecule has 0 aromatic rings. The summed E-state index contributed by atoms with van der Waals surface area (Å²) in [5.74, 6) is -0.674. The summed E-state index contributed by atoms with van der Waals surface area (Å²) in [4.78, 5) is 27.0. The molecule has 2 aliphatic heterocycles. The fourth-order valence-electron chi connectivity index (χ4n) is 13.3. The van der Waals surface area contributed by atoms with E-state index in [1.807, 2.05) is 0 Å². The molecular formula is C72H140N2O14. The average molecular weight is 1260 g/mol. The monoisotopic (exact) mass is 1260 g/mol. The van der Waals surface area contributed by atoms with Crippen LogP contribution in [0.1, 0.15) is 348 Å². The largest absolute Gasteiger partial charge is 0.394 e. The van der Waals surface area contributed by atoms with Gasteiger partial charge in [-0.05, 0) is 38.5 Å². The number of amides is 2. The number of hydrogen-bond donors (Lipinski definition) is 12. The minimum absolute atomic E-state index is 0.122. The molecule has 0 bridgehead atoms. The number of unbranched alkanes of at least 4 members (excludes halogenated alkanes) is 44. The number of nitrogens with one attached hydrogen (secondary N) is 2. The van der Waals surface area contributed by atoms with E-state index in [0.717, 1.165) is 51.4 Å². The molecule has 14 atom stereocenters. The fraction of sp³-hybridized carbons (Fsp3) is 0.972. The summed E-state index contributed by atoms with van der Waals surface area (Å²) in [6.45, 7) is 3.26. The SMILES string of the molecule is CCCCCCCCCCCCCCCCCCCCCCCCCC(=O)N[C@H](CC1O[C@H](CO)[C@H](O)[C@H](O)[C@H]1O)[C@H](O)CC[C@@H](O)[C@@H](CC1O[C@H](CO)[C@H](O)[C@H](O)[C@H]1O)NC(=O)CCCCCCCCCCCCCCCCCCCCCCCCC. The van der Waals surface area contributed by atoms with Crippen LogP contribution < -0.4 is 10.6 Å². The number of carbonyl (C=O) groups excluding carboxylic acids is 2. The van der Waals surface area contributed by atoms with Crippen molar-refractivity contribution in [1.29, 1.82) is 0 Å². The highest BCUT2D eigenvalue weighted by Crippen LogP contribution is 2.29. The predicted octanol–water partition coefficient (Wildman–Crippen LogP) is 12.7.